The lowest BCUT2D eigenvalue weighted by atomic mass is 9.81. The highest BCUT2D eigenvalue weighted by molar-refractivity contribution is 5.22. The number of rotatable bonds is 6. The summed E-state index contributed by atoms with van der Waals surface area (Å²) in [6.45, 7) is 8.16. The van der Waals surface area contributed by atoms with Crippen molar-refractivity contribution < 1.29 is 4.48 Å². The normalized spacial score (nSPS) is 12.8. The van der Waals surface area contributed by atoms with Gasteiger partial charge in [0.2, 0.25) is 0 Å². The molecule has 1 rings (SSSR count). The van der Waals surface area contributed by atoms with Crippen molar-refractivity contribution in [2.45, 2.75) is 45.6 Å². The van der Waals surface area contributed by atoms with Gasteiger partial charge in [0.15, 0.2) is 0 Å². The van der Waals surface area contributed by atoms with Crippen LogP contribution in [0.15, 0.2) is 30.3 Å². The van der Waals surface area contributed by atoms with E-state index in [0.717, 1.165) is 4.48 Å². The minimum Gasteiger partial charge on any atom is -0.320 e. The fourth-order valence-electron chi connectivity index (χ4n) is 3.39. The highest BCUT2D eigenvalue weighted by atomic mass is 15.4. The third-order valence-electron chi connectivity index (χ3n) is 4.42. The quantitative estimate of drug-likeness (QED) is 0.648. The highest BCUT2D eigenvalue weighted by Gasteiger charge is 2.43. The Balaban J connectivity index is 3.22. The summed E-state index contributed by atoms with van der Waals surface area (Å²) in [5, 5.41) is 0. The molecule has 0 N–H and O–H groups in total. The number of hydrogen-bond donors (Lipinski definition) is 0. The van der Waals surface area contributed by atoms with Gasteiger partial charge in [-0.25, -0.2) is 0 Å². The van der Waals surface area contributed by atoms with Gasteiger partial charge in [0, 0.05) is 18.4 Å². The van der Waals surface area contributed by atoms with E-state index in [9.17, 15) is 0 Å². The van der Waals surface area contributed by atoms with E-state index in [2.05, 4.69) is 65.2 Å². The minimum atomic E-state index is 0.261. The van der Waals surface area contributed by atoms with E-state index < -0.39 is 0 Å². The van der Waals surface area contributed by atoms with Crippen molar-refractivity contribution in [2.75, 3.05) is 20.6 Å². The van der Waals surface area contributed by atoms with Crippen molar-refractivity contribution in [3.05, 3.63) is 35.9 Å². The van der Waals surface area contributed by atoms with Gasteiger partial charge in [-0.2, -0.15) is 0 Å². The summed E-state index contributed by atoms with van der Waals surface area (Å²) >= 11 is 0. The van der Waals surface area contributed by atoms with Crippen molar-refractivity contribution in [1.82, 2.24) is 0 Å². The molecule has 1 nitrogen and oxygen atoms in total. The van der Waals surface area contributed by atoms with Crippen LogP contribution in [0.5, 0.6) is 0 Å². The molecule has 0 bridgehead atoms. The van der Waals surface area contributed by atoms with Crippen molar-refractivity contribution in [2.24, 2.45) is 0 Å². The Morgan fingerprint density at radius 3 is 1.88 bits per heavy atom. The molecule has 17 heavy (non-hydrogen) atoms. The predicted octanol–water partition coefficient (Wildman–Crippen LogP) is 4.19. The standard InChI is InChI=1S/C16H28N/c1-6-14-17(4,5)16(7-2,8-3)15-12-10-9-11-13-15/h9-13H,6-8,14H2,1-5H3/q+1. The summed E-state index contributed by atoms with van der Waals surface area (Å²) in [5.74, 6) is 0. The highest BCUT2D eigenvalue weighted by Crippen LogP contribution is 2.39. The zero-order valence-corrected chi connectivity index (χ0v) is 12.2. The summed E-state index contributed by atoms with van der Waals surface area (Å²) in [4.78, 5) is 0. The number of benzene rings is 1. The molecule has 0 saturated heterocycles. The van der Waals surface area contributed by atoms with Gasteiger partial charge < -0.3 is 4.48 Å². The van der Waals surface area contributed by atoms with Gasteiger partial charge in [-0.1, -0.05) is 51.1 Å². The predicted molar refractivity (Wildman–Crippen MR) is 76.0 cm³/mol. The second-order valence-corrected chi connectivity index (χ2v) is 5.51. The largest absolute Gasteiger partial charge is 0.320 e. The number of quaternary nitrogens is 1. The summed E-state index contributed by atoms with van der Waals surface area (Å²) in [5.41, 5.74) is 1.75. The summed E-state index contributed by atoms with van der Waals surface area (Å²) in [7, 11) is 4.76. The van der Waals surface area contributed by atoms with E-state index in [1.807, 2.05) is 0 Å². The molecule has 96 valence electrons. The second-order valence-electron chi connectivity index (χ2n) is 5.51. The third kappa shape index (κ3) is 2.55. The fraction of sp³-hybridized carbons (Fsp3) is 0.625. The van der Waals surface area contributed by atoms with Crippen LogP contribution >= 0.6 is 0 Å². The molecule has 0 spiro atoms. The van der Waals surface area contributed by atoms with E-state index >= 15 is 0 Å². The molecule has 0 radical (unpaired) electrons. The van der Waals surface area contributed by atoms with E-state index in [0.29, 0.717) is 0 Å². The average molecular weight is 234 g/mol. The molecule has 0 fully saturated rings. The van der Waals surface area contributed by atoms with Crippen LogP contribution in [-0.2, 0) is 5.54 Å². The molecule has 0 aliphatic heterocycles. The number of hydrogen-bond acceptors (Lipinski definition) is 0. The Labute approximate surface area is 107 Å². The van der Waals surface area contributed by atoms with Crippen LogP contribution in [0.1, 0.15) is 45.6 Å². The molecule has 0 unspecified atom stereocenters. The molecule has 0 heterocycles. The van der Waals surface area contributed by atoms with Crippen molar-refractivity contribution in [1.29, 1.82) is 0 Å². The molecule has 0 saturated carbocycles. The van der Waals surface area contributed by atoms with Crippen LogP contribution in [0.2, 0.25) is 0 Å². The van der Waals surface area contributed by atoms with Gasteiger partial charge >= 0.3 is 0 Å². The maximum atomic E-state index is 2.38. The van der Waals surface area contributed by atoms with Crippen LogP contribution in [0.4, 0.5) is 0 Å². The van der Waals surface area contributed by atoms with Gasteiger partial charge in [-0.15, -0.1) is 0 Å². The van der Waals surface area contributed by atoms with Crippen LogP contribution in [0.3, 0.4) is 0 Å². The molecular weight excluding hydrogens is 206 g/mol. The van der Waals surface area contributed by atoms with Crippen LogP contribution < -0.4 is 0 Å². The van der Waals surface area contributed by atoms with Gasteiger partial charge in [0.1, 0.15) is 5.54 Å². The monoisotopic (exact) mass is 234 g/mol. The van der Waals surface area contributed by atoms with E-state index in [1.165, 1.54) is 31.4 Å². The van der Waals surface area contributed by atoms with E-state index in [-0.39, 0.29) is 5.54 Å². The summed E-state index contributed by atoms with van der Waals surface area (Å²) < 4.78 is 1.08. The van der Waals surface area contributed by atoms with Crippen molar-refractivity contribution >= 4 is 0 Å². The Morgan fingerprint density at radius 2 is 1.47 bits per heavy atom. The van der Waals surface area contributed by atoms with Gasteiger partial charge in [0.25, 0.3) is 0 Å². The lowest BCUT2D eigenvalue weighted by molar-refractivity contribution is -0.950. The molecule has 0 atom stereocenters. The smallest absolute Gasteiger partial charge is 0.124 e. The lowest BCUT2D eigenvalue weighted by Gasteiger charge is -2.48. The first-order chi connectivity index (χ1) is 8.04. The molecular formula is C16H28N+. The zero-order chi connectivity index (χ0) is 12.9. The van der Waals surface area contributed by atoms with Crippen molar-refractivity contribution in [3.8, 4) is 0 Å². The Bertz CT molecular complexity index is 323. The summed E-state index contributed by atoms with van der Waals surface area (Å²) in [6, 6.07) is 11.0. The molecule has 1 aromatic carbocycles. The van der Waals surface area contributed by atoms with Gasteiger partial charge in [-0.3, -0.25) is 0 Å². The Kier molecular flexibility index (Phi) is 4.76. The molecule has 1 aromatic rings. The van der Waals surface area contributed by atoms with E-state index in [1.54, 1.807) is 0 Å². The number of nitrogens with zero attached hydrogens (tertiary/aromatic N) is 1. The molecule has 0 aliphatic rings. The van der Waals surface area contributed by atoms with Gasteiger partial charge in [0.05, 0.1) is 20.6 Å². The van der Waals surface area contributed by atoms with Crippen LogP contribution in [-0.4, -0.2) is 25.1 Å². The Morgan fingerprint density at radius 1 is 0.941 bits per heavy atom. The Hall–Kier alpha value is -0.820. The molecule has 1 heteroatoms. The van der Waals surface area contributed by atoms with Crippen molar-refractivity contribution in [3.63, 3.8) is 0 Å². The average Bonchev–Trinajstić information content (AvgIpc) is 2.32. The maximum absolute atomic E-state index is 2.38. The first-order valence-electron chi connectivity index (χ1n) is 6.92. The van der Waals surface area contributed by atoms with E-state index in [4.69, 9.17) is 0 Å². The van der Waals surface area contributed by atoms with Crippen LogP contribution in [0.25, 0.3) is 0 Å². The molecule has 0 amide bonds. The second kappa shape index (κ2) is 5.68. The maximum Gasteiger partial charge on any atom is 0.124 e. The molecule has 0 aromatic heterocycles. The SMILES string of the molecule is CCC[N+](C)(C)C(CC)(CC)c1ccccc1. The molecule has 0 aliphatic carbocycles. The minimum absolute atomic E-state index is 0.261. The lowest BCUT2D eigenvalue weighted by Crippen LogP contribution is -2.57. The summed E-state index contributed by atoms with van der Waals surface area (Å²) in [6.07, 6.45) is 3.63. The van der Waals surface area contributed by atoms with Gasteiger partial charge in [-0.05, 0) is 6.42 Å². The zero-order valence-electron chi connectivity index (χ0n) is 12.2. The first kappa shape index (κ1) is 14.2. The fourth-order valence-corrected chi connectivity index (χ4v) is 3.39. The first-order valence-corrected chi connectivity index (χ1v) is 6.92. The van der Waals surface area contributed by atoms with Crippen LogP contribution in [0, 0.1) is 0 Å². The third-order valence-corrected chi connectivity index (χ3v) is 4.42. The topological polar surface area (TPSA) is 0 Å².